The number of nitrogens with one attached hydrogen (secondary N) is 1. The Morgan fingerprint density at radius 2 is 1.50 bits per heavy atom. The molecule has 0 aliphatic carbocycles. The minimum atomic E-state index is -0.298. The lowest BCUT2D eigenvalue weighted by atomic mass is 10.1. The quantitative estimate of drug-likeness (QED) is 0.829. The van der Waals surface area contributed by atoms with Gasteiger partial charge in [-0.25, -0.2) is 4.39 Å². The van der Waals surface area contributed by atoms with Crippen LogP contribution in [0.3, 0.4) is 0 Å². The molecule has 1 saturated heterocycles. The molecule has 0 unspecified atom stereocenters. The Hall–Kier alpha value is -2.24. The average molecular weight is 355 g/mol. The Bertz CT molecular complexity index is 682. The molecule has 1 N–H and O–H groups in total. The Morgan fingerprint density at radius 1 is 0.885 bits per heavy atom. The SMILES string of the molecule is O=C(CCN1CCN(CCc2ccccc2)CC1)Nc1ccc(F)cc1. The fourth-order valence-electron chi connectivity index (χ4n) is 3.18. The van der Waals surface area contributed by atoms with E-state index in [1.165, 1.54) is 17.7 Å². The molecule has 0 spiro atoms. The van der Waals surface area contributed by atoms with E-state index < -0.39 is 0 Å². The molecule has 5 heteroatoms. The Labute approximate surface area is 154 Å². The molecule has 1 aliphatic rings. The number of nitrogens with zero attached hydrogens (tertiary/aromatic N) is 2. The number of benzene rings is 2. The van der Waals surface area contributed by atoms with E-state index in [9.17, 15) is 9.18 Å². The van der Waals surface area contributed by atoms with Crippen molar-refractivity contribution in [3.05, 3.63) is 66.0 Å². The summed E-state index contributed by atoms with van der Waals surface area (Å²) in [7, 11) is 0. The molecule has 0 radical (unpaired) electrons. The van der Waals surface area contributed by atoms with Crippen LogP contribution in [0.2, 0.25) is 0 Å². The first-order chi connectivity index (χ1) is 12.7. The van der Waals surface area contributed by atoms with Gasteiger partial charge in [-0.05, 0) is 36.2 Å². The number of amides is 1. The fourth-order valence-corrected chi connectivity index (χ4v) is 3.18. The number of carbonyl (C=O) groups is 1. The molecule has 138 valence electrons. The van der Waals surface area contributed by atoms with Crippen LogP contribution in [-0.2, 0) is 11.2 Å². The molecule has 2 aromatic rings. The monoisotopic (exact) mass is 355 g/mol. The molecule has 1 fully saturated rings. The molecule has 0 bridgehead atoms. The van der Waals surface area contributed by atoms with Crippen LogP contribution in [0.25, 0.3) is 0 Å². The third kappa shape index (κ3) is 5.93. The van der Waals surface area contributed by atoms with Crippen LogP contribution in [-0.4, -0.2) is 55.0 Å². The number of anilines is 1. The van der Waals surface area contributed by atoms with Gasteiger partial charge < -0.3 is 15.1 Å². The average Bonchev–Trinajstić information content (AvgIpc) is 2.68. The predicted octanol–water partition coefficient (Wildman–Crippen LogP) is 3.01. The van der Waals surface area contributed by atoms with E-state index in [-0.39, 0.29) is 11.7 Å². The minimum absolute atomic E-state index is 0.0249. The molecular formula is C21H26FN3O. The van der Waals surface area contributed by atoms with E-state index in [0.717, 1.165) is 45.7 Å². The number of carbonyl (C=O) groups excluding carboxylic acids is 1. The van der Waals surface area contributed by atoms with E-state index in [4.69, 9.17) is 0 Å². The van der Waals surface area contributed by atoms with Gasteiger partial charge in [0.25, 0.3) is 0 Å². The molecule has 1 heterocycles. The number of hydrogen-bond acceptors (Lipinski definition) is 3. The Kier molecular flexibility index (Phi) is 6.75. The van der Waals surface area contributed by atoms with Gasteiger partial charge in [-0.3, -0.25) is 4.79 Å². The van der Waals surface area contributed by atoms with Gasteiger partial charge in [0.15, 0.2) is 0 Å². The van der Waals surface area contributed by atoms with E-state index in [2.05, 4.69) is 45.4 Å². The van der Waals surface area contributed by atoms with Crippen LogP contribution in [0.5, 0.6) is 0 Å². The zero-order valence-corrected chi connectivity index (χ0v) is 15.0. The van der Waals surface area contributed by atoms with Gasteiger partial charge in [0.1, 0.15) is 5.82 Å². The minimum Gasteiger partial charge on any atom is -0.326 e. The number of hydrogen-bond donors (Lipinski definition) is 1. The summed E-state index contributed by atoms with van der Waals surface area (Å²) in [5.41, 5.74) is 2.02. The van der Waals surface area contributed by atoms with Gasteiger partial charge in [-0.2, -0.15) is 0 Å². The standard InChI is InChI=1S/C21H26FN3O/c22-19-6-8-20(9-7-19)23-21(26)11-13-25-16-14-24(15-17-25)12-10-18-4-2-1-3-5-18/h1-9H,10-17H2,(H,23,26). The third-order valence-corrected chi connectivity index (χ3v) is 4.81. The highest BCUT2D eigenvalue weighted by Gasteiger charge is 2.17. The molecule has 0 atom stereocenters. The summed E-state index contributed by atoms with van der Waals surface area (Å²) in [5, 5.41) is 2.81. The van der Waals surface area contributed by atoms with Crippen molar-refractivity contribution in [1.82, 2.24) is 9.80 Å². The lowest BCUT2D eigenvalue weighted by molar-refractivity contribution is -0.116. The molecule has 1 amide bonds. The van der Waals surface area contributed by atoms with Crippen molar-refractivity contribution in [2.45, 2.75) is 12.8 Å². The molecule has 3 rings (SSSR count). The van der Waals surface area contributed by atoms with Crippen LogP contribution in [0, 0.1) is 5.82 Å². The fraction of sp³-hybridized carbons (Fsp3) is 0.381. The smallest absolute Gasteiger partial charge is 0.225 e. The number of piperazine rings is 1. The molecule has 0 saturated carbocycles. The van der Waals surface area contributed by atoms with Crippen LogP contribution >= 0.6 is 0 Å². The summed E-state index contributed by atoms with van der Waals surface area (Å²) in [6.07, 6.45) is 1.54. The normalized spacial score (nSPS) is 15.7. The van der Waals surface area contributed by atoms with Crippen LogP contribution in [0.4, 0.5) is 10.1 Å². The summed E-state index contributed by atoms with van der Waals surface area (Å²) in [5.74, 6) is -0.323. The maximum atomic E-state index is 12.9. The Morgan fingerprint density at radius 3 is 2.15 bits per heavy atom. The van der Waals surface area contributed by atoms with Crippen molar-refractivity contribution >= 4 is 11.6 Å². The summed E-state index contributed by atoms with van der Waals surface area (Å²) in [6.45, 7) is 5.94. The first-order valence-corrected chi connectivity index (χ1v) is 9.23. The highest BCUT2D eigenvalue weighted by atomic mass is 19.1. The molecule has 26 heavy (non-hydrogen) atoms. The zero-order chi connectivity index (χ0) is 18.2. The molecular weight excluding hydrogens is 329 g/mol. The molecule has 0 aromatic heterocycles. The molecule has 4 nitrogen and oxygen atoms in total. The highest BCUT2D eigenvalue weighted by molar-refractivity contribution is 5.90. The van der Waals surface area contributed by atoms with Crippen molar-refractivity contribution in [3.63, 3.8) is 0 Å². The molecule has 1 aliphatic heterocycles. The second kappa shape index (κ2) is 9.46. The van der Waals surface area contributed by atoms with Gasteiger partial charge in [-0.1, -0.05) is 30.3 Å². The largest absolute Gasteiger partial charge is 0.326 e. The van der Waals surface area contributed by atoms with Gasteiger partial charge in [-0.15, -0.1) is 0 Å². The van der Waals surface area contributed by atoms with Crippen molar-refractivity contribution in [2.75, 3.05) is 44.6 Å². The third-order valence-electron chi connectivity index (χ3n) is 4.81. The van der Waals surface area contributed by atoms with Crippen LogP contribution in [0.15, 0.2) is 54.6 Å². The van der Waals surface area contributed by atoms with Crippen molar-refractivity contribution in [3.8, 4) is 0 Å². The van der Waals surface area contributed by atoms with Crippen LogP contribution < -0.4 is 5.32 Å². The van der Waals surface area contributed by atoms with Gasteiger partial charge in [0.05, 0.1) is 0 Å². The summed E-state index contributed by atoms with van der Waals surface area (Å²) < 4.78 is 12.9. The van der Waals surface area contributed by atoms with Crippen molar-refractivity contribution < 1.29 is 9.18 Å². The topological polar surface area (TPSA) is 35.6 Å². The lowest BCUT2D eigenvalue weighted by Gasteiger charge is -2.34. The zero-order valence-electron chi connectivity index (χ0n) is 15.0. The Balaban J connectivity index is 1.32. The van der Waals surface area contributed by atoms with Gasteiger partial charge in [0.2, 0.25) is 5.91 Å². The maximum absolute atomic E-state index is 12.9. The number of rotatable bonds is 7. The first-order valence-electron chi connectivity index (χ1n) is 9.23. The van der Waals surface area contributed by atoms with E-state index in [0.29, 0.717) is 12.1 Å². The van der Waals surface area contributed by atoms with Gasteiger partial charge >= 0.3 is 0 Å². The van der Waals surface area contributed by atoms with Crippen LogP contribution in [0.1, 0.15) is 12.0 Å². The van der Waals surface area contributed by atoms with E-state index >= 15 is 0 Å². The summed E-state index contributed by atoms with van der Waals surface area (Å²) >= 11 is 0. The number of halogens is 1. The summed E-state index contributed by atoms with van der Waals surface area (Å²) in [6, 6.07) is 16.4. The molecule has 2 aromatic carbocycles. The van der Waals surface area contributed by atoms with Crippen molar-refractivity contribution in [1.29, 1.82) is 0 Å². The first kappa shape index (κ1) is 18.5. The summed E-state index contributed by atoms with van der Waals surface area (Å²) in [4.78, 5) is 16.8. The predicted molar refractivity (Wildman–Crippen MR) is 103 cm³/mol. The lowest BCUT2D eigenvalue weighted by Crippen LogP contribution is -2.47. The van der Waals surface area contributed by atoms with Crippen molar-refractivity contribution in [2.24, 2.45) is 0 Å². The maximum Gasteiger partial charge on any atom is 0.225 e. The second-order valence-corrected chi connectivity index (χ2v) is 6.72. The van der Waals surface area contributed by atoms with E-state index in [1.54, 1.807) is 12.1 Å². The second-order valence-electron chi connectivity index (χ2n) is 6.72. The van der Waals surface area contributed by atoms with E-state index in [1.807, 2.05) is 0 Å². The highest BCUT2D eigenvalue weighted by Crippen LogP contribution is 2.10. The van der Waals surface area contributed by atoms with Gasteiger partial charge in [0, 0.05) is 51.4 Å².